The van der Waals surface area contributed by atoms with Gasteiger partial charge < -0.3 is 19.1 Å². The lowest BCUT2D eigenvalue weighted by Gasteiger charge is -2.09. The number of carboxylic acids is 1. The van der Waals surface area contributed by atoms with Gasteiger partial charge in [-0.15, -0.1) is 0 Å². The SMILES string of the molecule is O=C(O)Cn1c2ccccc2c2ccc(OCCCOc3cccc(F)c3)cc21. The lowest BCUT2D eigenvalue weighted by Crippen LogP contribution is -2.08. The first-order valence-corrected chi connectivity index (χ1v) is 9.36. The van der Waals surface area contributed by atoms with Gasteiger partial charge in [0, 0.05) is 34.8 Å². The van der Waals surface area contributed by atoms with Crippen LogP contribution in [0, 0.1) is 5.82 Å². The summed E-state index contributed by atoms with van der Waals surface area (Å²) in [7, 11) is 0. The summed E-state index contributed by atoms with van der Waals surface area (Å²) in [5, 5.41) is 11.3. The number of halogens is 1. The van der Waals surface area contributed by atoms with Gasteiger partial charge in [-0.3, -0.25) is 4.79 Å². The molecular weight excluding hydrogens is 373 g/mol. The van der Waals surface area contributed by atoms with E-state index in [0.717, 1.165) is 21.8 Å². The van der Waals surface area contributed by atoms with Crippen LogP contribution in [-0.4, -0.2) is 28.9 Å². The molecule has 1 aromatic heterocycles. The number of aromatic nitrogens is 1. The van der Waals surface area contributed by atoms with Crippen molar-refractivity contribution >= 4 is 27.8 Å². The molecule has 148 valence electrons. The second kappa shape index (κ2) is 8.22. The lowest BCUT2D eigenvalue weighted by molar-refractivity contribution is -0.137. The fourth-order valence-corrected chi connectivity index (χ4v) is 3.42. The number of ether oxygens (including phenoxy) is 2. The highest BCUT2D eigenvalue weighted by Crippen LogP contribution is 2.31. The van der Waals surface area contributed by atoms with Gasteiger partial charge >= 0.3 is 5.97 Å². The van der Waals surface area contributed by atoms with Gasteiger partial charge in [0.2, 0.25) is 0 Å². The fraction of sp³-hybridized carbons (Fsp3) is 0.174. The highest BCUT2D eigenvalue weighted by atomic mass is 19.1. The van der Waals surface area contributed by atoms with E-state index >= 15 is 0 Å². The van der Waals surface area contributed by atoms with Gasteiger partial charge in [-0.05, 0) is 30.3 Å². The summed E-state index contributed by atoms with van der Waals surface area (Å²) in [6, 6.07) is 19.5. The maximum atomic E-state index is 13.1. The van der Waals surface area contributed by atoms with E-state index in [9.17, 15) is 14.3 Å². The minimum absolute atomic E-state index is 0.116. The van der Waals surface area contributed by atoms with Crippen molar-refractivity contribution in [2.24, 2.45) is 0 Å². The zero-order valence-corrected chi connectivity index (χ0v) is 15.7. The number of nitrogens with zero attached hydrogens (tertiary/aromatic N) is 1. The third-order valence-electron chi connectivity index (χ3n) is 4.66. The van der Waals surface area contributed by atoms with E-state index in [1.54, 1.807) is 16.7 Å². The maximum absolute atomic E-state index is 13.1. The molecule has 4 aromatic rings. The Bertz CT molecular complexity index is 1170. The number of para-hydroxylation sites is 1. The number of benzene rings is 3. The van der Waals surface area contributed by atoms with E-state index in [2.05, 4.69) is 0 Å². The molecule has 1 heterocycles. The Morgan fingerprint density at radius 3 is 2.34 bits per heavy atom. The van der Waals surface area contributed by atoms with Gasteiger partial charge in [0.15, 0.2) is 0 Å². The average molecular weight is 393 g/mol. The van der Waals surface area contributed by atoms with Crippen LogP contribution in [0.4, 0.5) is 4.39 Å². The Balaban J connectivity index is 1.45. The number of rotatable bonds is 8. The average Bonchev–Trinajstić information content (AvgIpc) is 3.01. The van der Waals surface area contributed by atoms with Crippen LogP contribution >= 0.6 is 0 Å². The Kier molecular flexibility index (Phi) is 5.33. The predicted molar refractivity (Wildman–Crippen MR) is 109 cm³/mol. The number of fused-ring (bicyclic) bond motifs is 3. The zero-order valence-electron chi connectivity index (χ0n) is 15.7. The van der Waals surface area contributed by atoms with Crippen molar-refractivity contribution in [2.45, 2.75) is 13.0 Å². The summed E-state index contributed by atoms with van der Waals surface area (Å²) in [6.07, 6.45) is 0.632. The highest BCUT2D eigenvalue weighted by molar-refractivity contribution is 6.08. The van der Waals surface area contributed by atoms with Crippen molar-refractivity contribution in [3.8, 4) is 11.5 Å². The van der Waals surface area contributed by atoms with Gasteiger partial charge in [0.25, 0.3) is 0 Å². The van der Waals surface area contributed by atoms with Crippen molar-refractivity contribution in [2.75, 3.05) is 13.2 Å². The molecule has 0 aliphatic carbocycles. The molecule has 0 bridgehead atoms. The van der Waals surface area contributed by atoms with Crippen LogP contribution in [-0.2, 0) is 11.3 Å². The summed E-state index contributed by atoms with van der Waals surface area (Å²) in [6.45, 7) is 0.722. The van der Waals surface area contributed by atoms with E-state index < -0.39 is 5.97 Å². The molecule has 0 unspecified atom stereocenters. The normalized spacial score (nSPS) is 11.1. The van der Waals surface area contributed by atoms with Crippen LogP contribution < -0.4 is 9.47 Å². The van der Waals surface area contributed by atoms with Gasteiger partial charge in [0.1, 0.15) is 23.9 Å². The van der Waals surface area contributed by atoms with Gasteiger partial charge in [-0.2, -0.15) is 0 Å². The summed E-state index contributed by atoms with van der Waals surface area (Å²) < 4.78 is 26.2. The van der Waals surface area contributed by atoms with E-state index in [-0.39, 0.29) is 12.4 Å². The summed E-state index contributed by atoms with van der Waals surface area (Å²) in [5.74, 6) is -0.0698. The molecule has 5 nitrogen and oxygen atoms in total. The van der Waals surface area contributed by atoms with Crippen molar-refractivity contribution in [3.05, 3.63) is 72.5 Å². The largest absolute Gasteiger partial charge is 0.493 e. The molecule has 29 heavy (non-hydrogen) atoms. The monoisotopic (exact) mass is 393 g/mol. The van der Waals surface area contributed by atoms with Gasteiger partial charge in [-0.1, -0.05) is 24.3 Å². The molecule has 0 radical (unpaired) electrons. The first-order chi connectivity index (χ1) is 14.1. The van der Waals surface area contributed by atoms with Gasteiger partial charge in [-0.25, -0.2) is 4.39 Å². The van der Waals surface area contributed by atoms with Gasteiger partial charge in [0.05, 0.1) is 18.7 Å². The Labute approximate surface area is 166 Å². The molecule has 0 amide bonds. The molecule has 0 aliphatic rings. The molecule has 0 fully saturated rings. The first-order valence-electron chi connectivity index (χ1n) is 9.36. The Morgan fingerprint density at radius 2 is 1.59 bits per heavy atom. The molecule has 0 atom stereocenters. The molecule has 0 aliphatic heterocycles. The maximum Gasteiger partial charge on any atom is 0.323 e. The van der Waals surface area contributed by atoms with E-state index in [1.165, 1.54) is 12.1 Å². The highest BCUT2D eigenvalue weighted by Gasteiger charge is 2.13. The van der Waals surface area contributed by atoms with Crippen LogP contribution in [0.2, 0.25) is 0 Å². The first kappa shape index (κ1) is 18.8. The number of aliphatic carboxylic acids is 1. The Hall–Kier alpha value is -3.54. The van der Waals surface area contributed by atoms with Crippen LogP contribution in [0.5, 0.6) is 11.5 Å². The third kappa shape index (κ3) is 4.16. The minimum atomic E-state index is -0.895. The fourth-order valence-electron chi connectivity index (χ4n) is 3.42. The van der Waals surface area contributed by atoms with E-state index in [0.29, 0.717) is 31.1 Å². The molecule has 0 saturated heterocycles. The molecular formula is C23H20FNO4. The van der Waals surface area contributed by atoms with Crippen LogP contribution in [0.25, 0.3) is 21.8 Å². The minimum Gasteiger partial charge on any atom is -0.493 e. The number of hydrogen-bond acceptors (Lipinski definition) is 3. The van der Waals surface area contributed by atoms with Crippen LogP contribution in [0.1, 0.15) is 6.42 Å². The molecule has 1 N–H and O–H groups in total. The molecule has 4 rings (SSSR count). The summed E-state index contributed by atoms with van der Waals surface area (Å²) in [4.78, 5) is 11.3. The smallest absolute Gasteiger partial charge is 0.323 e. The van der Waals surface area contributed by atoms with Crippen molar-refractivity contribution < 1.29 is 23.8 Å². The number of carboxylic acid groups (broad SMARTS) is 1. The van der Waals surface area contributed by atoms with E-state index in [4.69, 9.17) is 9.47 Å². The van der Waals surface area contributed by atoms with Crippen molar-refractivity contribution in [3.63, 3.8) is 0 Å². The lowest BCUT2D eigenvalue weighted by atomic mass is 10.1. The second-order valence-electron chi connectivity index (χ2n) is 6.68. The van der Waals surface area contributed by atoms with Crippen LogP contribution in [0.3, 0.4) is 0 Å². The topological polar surface area (TPSA) is 60.7 Å². The second-order valence-corrected chi connectivity index (χ2v) is 6.68. The number of hydrogen-bond donors (Lipinski definition) is 1. The molecule has 3 aromatic carbocycles. The molecule has 0 saturated carbocycles. The van der Waals surface area contributed by atoms with Crippen molar-refractivity contribution in [1.29, 1.82) is 0 Å². The summed E-state index contributed by atoms with van der Waals surface area (Å²) in [5.41, 5.74) is 1.70. The van der Waals surface area contributed by atoms with E-state index in [1.807, 2.05) is 42.5 Å². The quantitative estimate of drug-likeness (QED) is 0.434. The van der Waals surface area contributed by atoms with Crippen LogP contribution in [0.15, 0.2) is 66.7 Å². The summed E-state index contributed by atoms with van der Waals surface area (Å²) >= 11 is 0. The molecule has 0 spiro atoms. The third-order valence-corrected chi connectivity index (χ3v) is 4.66. The predicted octanol–water partition coefficient (Wildman–Crippen LogP) is 4.87. The van der Waals surface area contributed by atoms with Crippen molar-refractivity contribution in [1.82, 2.24) is 4.57 Å². The Morgan fingerprint density at radius 1 is 0.862 bits per heavy atom. The zero-order chi connectivity index (χ0) is 20.2. The molecule has 6 heteroatoms. The standard InChI is InChI=1S/C23H20FNO4/c24-16-5-3-6-17(13-16)28-11-4-12-29-18-9-10-20-19-7-1-2-8-21(19)25(15-23(26)27)22(20)14-18/h1-3,5-10,13-14H,4,11-12,15H2,(H,26,27). The number of carbonyl (C=O) groups is 1.